The molecule has 0 spiro atoms. The fraction of sp³-hybridized carbons (Fsp3) is 0.120. The molecule has 32 heavy (non-hydrogen) atoms. The van der Waals surface area contributed by atoms with Crippen LogP contribution in [0.4, 0.5) is 0 Å². The first-order valence-electron chi connectivity index (χ1n) is 9.92. The second-order valence-electron chi connectivity index (χ2n) is 7.14. The van der Waals surface area contributed by atoms with Gasteiger partial charge >= 0.3 is 5.97 Å². The molecule has 7 nitrogen and oxygen atoms in total. The van der Waals surface area contributed by atoms with Gasteiger partial charge < -0.3 is 14.7 Å². The Bertz CT molecular complexity index is 1320. The second kappa shape index (κ2) is 8.85. The highest BCUT2D eigenvalue weighted by Crippen LogP contribution is 2.21. The van der Waals surface area contributed by atoms with Crippen LogP contribution in [0.15, 0.2) is 72.8 Å². The van der Waals surface area contributed by atoms with Crippen molar-refractivity contribution in [1.82, 2.24) is 4.98 Å². The van der Waals surface area contributed by atoms with E-state index in [9.17, 15) is 14.8 Å². The minimum Gasteiger partial charge on any atom is -0.618 e. The molecule has 3 aromatic carbocycles. The first-order valence-corrected chi connectivity index (χ1v) is 9.92. The average Bonchev–Trinajstić information content (AvgIpc) is 2.83. The Morgan fingerprint density at radius 1 is 1.00 bits per heavy atom. The van der Waals surface area contributed by atoms with E-state index in [1.54, 1.807) is 67.6 Å². The van der Waals surface area contributed by atoms with Crippen molar-refractivity contribution >= 4 is 22.8 Å². The fourth-order valence-electron chi connectivity index (χ4n) is 3.39. The van der Waals surface area contributed by atoms with E-state index >= 15 is 0 Å². The minimum absolute atomic E-state index is 0.0773. The molecule has 0 N–H and O–H groups in total. The van der Waals surface area contributed by atoms with Gasteiger partial charge in [0.05, 0.1) is 18.7 Å². The summed E-state index contributed by atoms with van der Waals surface area (Å²) >= 11 is 0. The average molecular weight is 428 g/mol. The molecule has 0 amide bonds. The Morgan fingerprint density at radius 3 is 2.44 bits per heavy atom. The lowest BCUT2D eigenvalue weighted by Gasteiger charge is -2.13. The van der Waals surface area contributed by atoms with Gasteiger partial charge in [0, 0.05) is 5.56 Å². The van der Waals surface area contributed by atoms with Gasteiger partial charge in [0.25, 0.3) is 11.5 Å². The Labute approximate surface area is 184 Å². The van der Waals surface area contributed by atoms with Crippen molar-refractivity contribution < 1.29 is 23.8 Å². The van der Waals surface area contributed by atoms with Crippen molar-refractivity contribution in [2.75, 3.05) is 7.11 Å². The monoisotopic (exact) mass is 428 g/mol. The number of hydrogen-bond acceptors (Lipinski definition) is 6. The van der Waals surface area contributed by atoms with Crippen LogP contribution in [0.25, 0.3) is 11.0 Å². The summed E-state index contributed by atoms with van der Waals surface area (Å²) < 4.78 is 11.2. The number of nitrogens with zero attached hydrogens (tertiary/aromatic N) is 2. The summed E-state index contributed by atoms with van der Waals surface area (Å²) in [6.07, 6.45) is 0. The number of aryl methyl sites for hydroxylation is 1. The van der Waals surface area contributed by atoms with Crippen LogP contribution in [0.2, 0.25) is 0 Å². The van der Waals surface area contributed by atoms with Crippen LogP contribution in [-0.2, 0) is 11.3 Å². The molecule has 0 saturated carbocycles. The summed E-state index contributed by atoms with van der Waals surface area (Å²) in [4.78, 5) is 30.3. The highest BCUT2D eigenvalue weighted by molar-refractivity contribution is 6.07. The summed E-state index contributed by atoms with van der Waals surface area (Å²) in [7, 11) is 1.49. The lowest BCUT2D eigenvalue weighted by molar-refractivity contribution is -0.580. The van der Waals surface area contributed by atoms with E-state index in [1.165, 1.54) is 13.2 Å². The van der Waals surface area contributed by atoms with Gasteiger partial charge in [-0.1, -0.05) is 48.5 Å². The van der Waals surface area contributed by atoms with Gasteiger partial charge in [-0.3, -0.25) is 4.79 Å². The molecule has 0 atom stereocenters. The van der Waals surface area contributed by atoms with Gasteiger partial charge in [0.1, 0.15) is 17.9 Å². The van der Waals surface area contributed by atoms with Crippen LogP contribution in [0.5, 0.6) is 5.75 Å². The van der Waals surface area contributed by atoms with E-state index in [2.05, 4.69) is 4.98 Å². The number of ether oxygens (including phenoxy) is 2. The van der Waals surface area contributed by atoms with Gasteiger partial charge in [-0.15, -0.1) is 0 Å². The topological polar surface area (TPSA) is 92.4 Å². The highest BCUT2D eigenvalue weighted by atomic mass is 16.5. The standard InChI is InChI=1S/C25H20N2O5/c1-16-8-6-7-11-19(16)25(29)32-15-21-23(24(28)17-9-4-3-5-10-17)27(30)22-14-18(31-2)12-13-20(22)26-21/h3-14H,15H2,1-2H3. The Balaban J connectivity index is 1.78. The number of ketones is 1. The van der Waals surface area contributed by atoms with Gasteiger partial charge in [-0.2, -0.15) is 4.73 Å². The second-order valence-corrected chi connectivity index (χ2v) is 7.14. The molecule has 1 heterocycles. The first-order chi connectivity index (χ1) is 15.5. The van der Waals surface area contributed by atoms with E-state index in [-0.39, 0.29) is 23.5 Å². The number of carbonyl (C=O) groups excluding carboxylic acids is 2. The van der Waals surface area contributed by atoms with Crippen molar-refractivity contribution in [3.05, 3.63) is 106 Å². The molecule has 0 fully saturated rings. The number of aromatic nitrogens is 2. The van der Waals surface area contributed by atoms with Crippen molar-refractivity contribution in [1.29, 1.82) is 0 Å². The third-order valence-electron chi connectivity index (χ3n) is 5.09. The quantitative estimate of drug-likeness (QED) is 0.201. The van der Waals surface area contributed by atoms with Crippen LogP contribution in [0.3, 0.4) is 0 Å². The molecule has 4 rings (SSSR count). The summed E-state index contributed by atoms with van der Waals surface area (Å²) in [6, 6.07) is 20.2. The molecule has 1 aromatic heterocycles. The molecule has 0 bridgehead atoms. The summed E-state index contributed by atoms with van der Waals surface area (Å²) in [5, 5.41) is 13.3. The maximum Gasteiger partial charge on any atom is 0.338 e. The molecule has 0 aliphatic rings. The van der Waals surface area contributed by atoms with Gasteiger partial charge in [-0.05, 0) is 30.7 Å². The molecule has 4 aromatic rings. The number of carbonyl (C=O) groups is 2. The molecule has 0 radical (unpaired) electrons. The third-order valence-corrected chi connectivity index (χ3v) is 5.09. The van der Waals surface area contributed by atoms with E-state index < -0.39 is 11.8 Å². The number of methoxy groups -OCH3 is 1. The molecule has 0 aliphatic carbocycles. The fourth-order valence-corrected chi connectivity index (χ4v) is 3.39. The number of rotatable bonds is 6. The molecule has 0 aliphatic heterocycles. The van der Waals surface area contributed by atoms with E-state index in [1.807, 2.05) is 6.07 Å². The minimum atomic E-state index is -0.560. The Hall–Kier alpha value is -4.26. The molecule has 0 saturated heterocycles. The largest absolute Gasteiger partial charge is 0.618 e. The number of esters is 1. The molecular weight excluding hydrogens is 408 g/mol. The lowest BCUT2D eigenvalue weighted by atomic mass is 10.1. The lowest BCUT2D eigenvalue weighted by Crippen LogP contribution is -2.38. The van der Waals surface area contributed by atoms with Gasteiger partial charge in [-0.25, -0.2) is 9.78 Å². The highest BCUT2D eigenvalue weighted by Gasteiger charge is 2.28. The Kier molecular flexibility index (Phi) is 5.81. The maximum atomic E-state index is 13.3. The molecule has 0 unspecified atom stereocenters. The summed E-state index contributed by atoms with van der Waals surface area (Å²) in [6.45, 7) is 1.47. The van der Waals surface area contributed by atoms with Crippen molar-refractivity contribution in [3.63, 3.8) is 0 Å². The van der Waals surface area contributed by atoms with Crippen LogP contribution in [-0.4, -0.2) is 23.8 Å². The van der Waals surface area contributed by atoms with Gasteiger partial charge in [0.2, 0.25) is 5.52 Å². The van der Waals surface area contributed by atoms with Crippen molar-refractivity contribution in [3.8, 4) is 5.75 Å². The zero-order valence-electron chi connectivity index (χ0n) is 17.6. The predicted octanol–water partition coefficient (Wildman–Crippen LogP) is 3.77. The van der Waals surface area contributed by atoms with E-state index in [0.29, 0.717) is 27.1 Å². The molecular formula is C25H20N2O5. The predicted molar refractivity (Wildman–Crippen MR) is 117 cm³/mol. The Morgan fingerprint density at radius 2 is 1.72 bits per heavy atom. The third kappa shape index (κ3) is 4.00. The zero-order chi connectivity index (χ0) is 22.7. The number of fused-ring (bicyclic) bond motifs is 1. The number of benzene rings is 3. The first kappa shape index (κ1) is 21.0. The van der Waals surface area contributed by atoms with Gasteiger partial charge in [0.15, 0.2) is 5.69 Å². The maximum absolute atomic E-state index is 13.3. The van der Waals surface area contributed by atoms with Crippen LogP contribution >= 0.6 is 0 Å². The molecule has 7 heteroatoms. The summed E-state index contributed by atoms with van der Waals surface area (Å²) in [5.41, 5.74) is 1.90. The SMILES string of the molecule is COc1ccc2nc(COC(=O)c3ccccc3C)c(C(=O)c3ccccc3)[n+]([O-])c2c1. The normalized spacial score (nSPS) is 10.7. The smallest absolute Gasteiger partial charge is 0.338 e. The van der Waals surface area contributed by atoms with Crippen LogP contribution in [0, 0.1) is 12.1 Å². The number of hydrogen-bond donors (Lipinski definition) is 0. The summed E-state index contributed by atoms with van der Waals surface area (Å²) in [5.74, 6) is -0.615. The van der Waals surface area contributed by atoms with Crippen molar-refractivity contribution in [2.45, 2.75) is 13.5 Å². The van der Waals surface area contributed by atoms with E-state index in [4.69, 9.17) is 9.47 Å². The zero-order valence-corrected chi connectivity index (χ0v) is 17.6. The van der Waals surface area contributed by atoms with Crippen LogP contribution in [0.1, 0.15) is 37.7 Å². The van der Waals surface area contributed by atoms with Crippen molar-refractivity contribution in [2.24, 2.45) is 0 Å². The molecule has 160 valence electrons. The van der Waals surface area contributed by atoms with E-state index in [0.717, 1.165) is 5.56 Å². The van der Waals surface area contributed by atoms with Crippen LogP contribution < -0.4 is 9.47 Å².